The highest BCUT2D eigenvalue weighted by molar-refractivity contribution is 6.20. The number of rotatable bonds is 8. The van der Waals surface area contributed by atoms with Crippen molar-refractivity contribution in [2.75, 3.05) is 61.8 Å². The molecule has 3 aliphatic carbocycles. The van der Waals surface area contributed by atoms with Crippen LogP contribution in [0.3, 0.4) is 0 Å². The van der Waals surface area contributed by atoms with E-state index in [1.165, 1.54) is 4.90 Å². The number of nitrogens with one attached hydrogen (secondary N) is 3. The molecule has 49 heavy (non-hydrogen) atoms. The number of phenols is 1. The summed E-state index contributed by atoms with van der Waals surface area (Å²) in [5.74, 6) is 0.950. The van der Waals surface area contributed by atoms with Gasteiger partial charge in [-0.15, -0.1) is 23.2 Å². The summed E-state index contributed by atoms with van der Waals surface area (Å²) >= 11 is 13.0. The van der Waals surface area contributed by atoms with Crippen LogP contribution in [-0.2, 0) is 9.59 Å². The third kappa shape index (κ3) is 4.47. The number of hydrogen-bond acceptors (Lipinski definition) is 6. The second-order valence-electron chi connectivity index (χ2n) is 14.6. The van der Waals surface area contributed by atoms with Crippen LogP contribution in [0.2, 0.25) is 0 Å². The van der Waals surface area contributed by atoms with Crippen LogP contribution in [0.15, 0.2) is 24.5 Å². The Balaban J connectivity index is 1.07. The van der Waals surface area contributed by atoms with Gasteiger partial charge in [0, 0.05) is 92.1 Å². The lowest BCUT2D eigenvalue weighted by Crippen LogP contribution is -2.73. The maximum atomic E-state index is 14.5. The average Bonchev–Trinajstić information content (AvgIpc) is 3.81. The predicted octanol–water partition coefficient (Wildman–Crippen LogP) is 5.83. The number of halogens is 2. The number of anilines is 2. The van der Waals surface area contributed by atoms with Gasteiger partial charge >= 0.3 is 6.09 Å². The van der Waals surface area contributed by atoms with Crippen LogP contribution in [0.25, 0.3) is 21.8 Å². The molecule has 0 radical (unpaired) electrons. The smallest absolute Gasteiger partial charge is 0.415 e. The van der Waals surface area contributed by atoms with Crippen LogP contribution in [0, 0.1) is 24.7 Å². The Bertz CT molecular complexity index is 2050. The normalized spacial score (nSPS) is 24.9. The number of amides is 3. The second-order valence-corrected chi connectivity index (χ2v) is 15.2. The molecule has 3 saturated carbocycles. The van der Waals surface area contributed by atoms with Crippen molar-refractivity contribution in [3.8, 4) is 11.5 Å². The lowest BCUT2D eigenvalue weighted by molar-refractivity contribution is -0.204. The summed E-state index contributed by atoms with van der Waals surface area (Å²) in [6, 6.07) is 3.46. The molecule has 2 bridgehead atoms. The van der Waals surface area contributed by atoms with E-state index < -0.39 is 16.9 Å². The van der Waals surface area contributed by atoms with Crippen molar-refractivity contribution >= 4 is 74.3 Å². The van der Waals surface area contributed by atoms with Crippen LogP contribution >= 0.6 is 23.2 Å². The van der Waals surface area contributed by atoms with Gasteiger partial charge < -0.3 is 39.8 Å². The number of ether oxygens (including phenoxy) is 1. The van der Waals surface area contributed by atoms with Crippen molar-refractivity contribution in [2.24, 2.45) is 10.8 Å². The summed E-state index contributed by atoms with van der Waals surface area (Å²) in [6.07, 6.45) is 4.65. The molecule has 5 aliphatic rings. The minimum atomic E-state index is -0.641. The number of aromatic amines is 2. The van der Waals surface area contributed by atoms with Gasteiger partial charge in [0.2, 0.25) is 11.8 Å². The molecule has 2 aromatic carbocycles. The Hall–Kier alpha value is -3.93. The Morgan fingerprint density at radius 2 is 1.43 bits per heavy atom. The molecule has 9 rings (SSSR count). The topological polar surface area (TPSA) is 134 Å². The molecule has 258 valence electrons. The van der Waals surface area contributed by atoms with Crippen LogP contribution in [-0.4, -0.2) is 89.9 Å². The van der Waals surface area contributed by atoms with E-state index in [0.717, 1.165) is 33.0 Å². The second kappa shape index (κ2) is 11.3. The number of carbonyl (C=O) groups is 3. The summed E-state index contributed by atoms with van der Waals surface area (Å²) in [6.45, 7) is 5.93. The summed E-state index contributed by atoms with van der Waals surface area (Å²) in [5, 5.41) is 15.7. The summed E-state index contributed by atoms with van der Waals surface area (Å²) < 4.78 is 5.92. The molecule has 0 unspecified atom stereocenters. The first-order chi connectivity index (χ1) is 23.5. The van der Waals surface area contributed by atoms with E-state index in [-0.39, 0.29) is 29.4 Å². The molecule has 2 aromatic heterocycles. The van der Waals surface area contributed by atoms with Crippen LogP contribution in [0.5, 0.6) is 11.5 Å². The molecular weight excluding hydrogens is 667 g/mol. The van der Waals surface area contributed by atoms with E-state index in [0.29, 0.717) is 85.4 Å². The van der Waals surface area contributed by atoms with E-state index in [9.17, 15) is 19.5 Å². The number of benzene rings is 2. The molecule has 2 aliphatic heterocycles. The third-order valence-electron chi connectivity index (χ3n) is 11.5. The predicted molar refractivity (Wildman–Crippen MR) is 191 cm³/mol. The lowest BCUT2D eigenvalue weighted by atomic mass is 9.34. The molecule has 0 spiro atoms. The number of H-pyrrole nitrogens is 2. The Labute approximate surface area is 293 Å². The van der Waals surface area contributed by atoms with Crippen LogP contribution in [0.4, 0.5) is 16.2 Å². The molecule has 13 heteroatoms. The highest BCUT2D eigenvalue weighted by Crippen LogP contribution is 2.75. The highest BCUT2D eigenvalue weighted by atomic mass is 35.5. The molecule has 2 atom stereocenters. The quantitative estimate of drug-likeness (QED) is 0.171. The Morgan fingerprint density at radius 3 is 1.96 bits per heavy atom. The molecule has 4 heterocycles. The van der Waals surface area contributed by atoms with Gasteiger partial charge in [-0.2, -0.15) is 0 Å². The van der Waals surface area contributed by atoms with E-state index >= 15 is 0 Å². The summed E-state index contributed by atoms with van der Waals surface area (Å²) in [5.41, 5.74) is 5.44. The van der Waals surface area contributed by atoms with Gasteiger partial charge in [0.25, 0.3) is 0 Å². The molecule has 3 amide bonds. The number of hydrogen-bond donors (Lipinski definition) is 4. The first kappa shape index (κ1) is 32.3. The Kier molecular flexibility index (Phi) is 7.44. The number of aryl methyl sites for hydroxylation is 2. The highest BCUT2D eigenvalue weighted by Gasteiger charge is 2.76. The maximum absolute atomic E-state index is 14.5. The zero-order chi connectivity index (χ0) is 34.6. The molecule has 4 N–H and O–H groups in total. The van der Waals surface area contributed by atoms with E-state index in [1.54, 1.807) is 24.1 Å². The van der Waals surface area contributed by atoms with Crippen molar-refractivity contribution in [1.82, 2.24) is 20.2 Å². The number of carbonyl (C=O) groups excluding carboxylic acids is 3. The SMILES string of the molecule is CNCCN(C)C(=O)Oc1cc2c(c3c(C)c[nH]c13)[C@H](CCl)CN2C(=O)C12CC(C(=O)N3C[C@@H](CCl)c4c3cc(O)c3[nH]cc(C)c43)(C1)C2. The summed E-state index contributed by atoms with van der Waals surface area (Å²) in [7, 11) is 3.51. The fourth-order valence-electron chi connectivity index (χ4n) is 9.11. The van der Waals surface area contributed by atoms with Gasteiger partial charge in [0.15, 0.2) is 5.75 Å². The monoisotopic (exact) mass is 706 g/mol. The van der Waals surface area contributed by atoms with E-state index in [1.807, 2.05) is 38.2 Å². The van der Waals surface area contributed by atoms with Gasteiger partial charge in [-0.1, -0.05) is 0 Å². The van der Waals surface area contributed by atoms with Crippen molar-refractivity contribution in [2.45, 2.75) is 44.9 Å². The largest absolute Gasteiger partial charge is 0.506 e. The number of likely N-dealkylation sites (N-methyl/N-ethyl adjacent to an activating group) is 2. The Morgan fingerprint density at radius 1 is 0.918 bits per heavy atom. The zero-order valence-electron chi connectivity index (χ0n) is 28.0. The van der Waals surface area contributed by atoms with Gasteiger partial charge in [0.05, 0.1) is 33.2 Å². The van der Waals surface area contributed by atoms with Crippen molar-refractivity contribution in [3.05, 3.63) is 46.8 Å². The maximum Gasteiger partial charge on any atom is 0.415 e. The van der Waals surface area contributed by atoms with Crippen molar-refractivity contribution in [3.63, 3.8) is 0 Å². The molecule has 11 nitrogen and oxygen atoms in total. The minimum absolute atomic E-state index is 0.00955. The zero-order valence-corrected chi connectivity index (χ0v) is 29.5. The number of alkyl halides is 2. The molecule has 4 aromatic rings. The van der Waals surface area contributed by atoms with Crippen molar-refractivity contribution in [1.29, 1.82) is 0 Å². The fourth-order valence-corrected chi connectivity index (χ4v) is 9.61. The van der Waals surface area contributed by atoms with Gasteiger partial charge in [-0.25, -0.2) is 4.79 Å². The minimum Gasteiger partial charge on any atom is -0.506 e. The van der Waals surface area contributed by atoms with Crippen LogP contribution in [0.1, 0.15) is 53.4 Å². The standard InChI is InChI=1S/C36H40Cl2N6O5/c1-18-11-40-30-24(45)7-22-28(26(18)30)20(9-37)13-43(22)32(46)35-15-36(16-35,17-35)33(47)44-14-21(10-38)29-23(44)8-25(31-27(29)19(2)12-41-31)49-34(48)42(4)6-5-39-3/h7-8,11-12,20-21,39-41,45H,5-6,9-10,13-17H2,1-4H3/t20-,21-,35?,36?/m1/s1. The van der Waals surface area contributed by atoms with Gasteiger partial charge in [-0.05, 0) is 62.4 Å². The molecule has 3 fully saturated rings. The average molecular weight is 708 g/mol. The first-order valence-electron chi connectivity index (χ1n) is 16.8. The number of nitrogens with zero attached hydrogens (tertiary/aromatic N) is 3. The van der Waals surface area contributed by atoms with Gasteiger partial charge in [-0.3, -0.25) is 9.59 Å². The number of aromatic nitrogens is 2. The number of aromatic hydroxyl groups is 1. The number of fused-ring (bicyclic) bond motifs is 6. The van der Waals surface area contributed by atoms with Crippen LogP contribution < -0.4 is 19.9 Å². The molecular formula is C36H40Cl2N6O5. The fraction of sp³-hybridized carbons (Fsp3) is 0.472. The van der Waals surface area contributed by atoms with Gasteiger partial charge in [0.1, 0.15) is 5.75 Å². The number of phenolic OH excluding ortho intramolecular Hbond substituents is 1. The third-order valence-corrected chi connectivity index (χ3v) is 12.2. The summed E-state index contributed by atoms with van der Waals surface area (Å²) in [4.78, 5) is 53.3. The molecule has 0 saturated heterocycles. The van der Waals surface area contributed by atoms with E-state index in [2.05, 4.69) is 15.3 Å². The van der Waals surface area contributed by atoms with Crippen molar-refractivity contribution < 1.29 is 24.2 Å². The first-order valence-corrected chi connectivity index (χ1v) is 17.9. The lowest BCUT2D eigenvalue weighted by Gasteiger charge is -2.69. The van der Waals surface area contributed by atoms with E-state index in [4.69, 9.17) is 27.9 Å².